The average Bonchev–Trinajstić information content (AvgIpc) is 2.89. The lowest BCUT2D eigenvalue weighted by Crippen LogP contribution is -2.27. The van der Waals surface area contributed by atoms with Gasteiger partial charge in [-0.05, 0) is 24.3 Å². The van der Waals surface area contributed by atoms with E-state index < -0.39 is 11.9 Å². The van der Waals surface area contributed by atoms with Crippen LogP contribution >= 0.6 is 0 Å². The van der Waals surface area contributed by atoms with Crippen LogP contribution in [-0.2, 0) is 4.74 Å². The number of hydrogen-bond donors (Lipinski definition) is 2. The molecule has 2 aromatic rings. The molecular formula is C15H14FN3O3. The second kappa shape index (κ2) is 5.61. The maximum absolute atomic E-state index is 14.3. The van der Waals surface area contributed by atoms with E-state index in [1.165, 1.54) is 23.2 Å². The molecular weight excluding hydrogens is 289 g/mol. The lowest BCUT2D eigenvalue weighted by molar-refractivity contribution is 0.145. The summed E-state index contributed by atoms with van der Waals surface area (Å²) < 4.78 is 19.3. The van der Waals surface area contributed by atoms with Gasteiger partial charge in [-0.25, -0.2) is 14.2 Å². The van der Waals surface area contributed by atoms with Gasteiger partial charge in [0.05, 0.1) is 12.2 Å². The largest absolute Gasteiger partial charge is 0.493 e. The normalized spacial score (nSPS) is 17.6. The number of pyridine rings is 1. The molecule has 0 aliphatic carbocycles. The highest BCUT2D eigenvalue weighted by Crippen LogP contribution is 2.29. The molecule has 2 heterocycles. The molecule has 0 bridgehead atoms. The minimum absolute atomic E-state index is 0.131. The highest BCUT2D eigenvalue weighted by Gasteiger charge is 2.31. The molecule has 1 saturated heterocycles. The number of amides is 1. The second-order valence-electron chi connectivity index (χ2n) is 4.92. The smallest absolute Gasteiger partial charge is 0.414 e. The molecule has 1 aromatic carbocycles. The predicted octanol–water partition coefficient (Wildman–Crippen LogP) is 1.88. The molecule has 22 heavy (non-hydrogen) atoms. The summed E-state index contributed by atoms with van der Waals surface area (Å²) in [5.41, 5.74) is 6.75. The first kappa shape index (κ1) is 14.3. The zero-order valence-corrected chi connectivity index (χ0v) is 11.6. The molecule has 7 heteroatoms. The number of anilines is 1. The van der Waals surface area contributed by atoms with Crippen LogP contribution in [0.5, 0.6) is 5.88 Å². The van der Waals surface area contributed by atoms with E-state index in [-0.39, 0.29) is 18.5 Å². The van der Waals surface area contributed by atoms with Gasteiger partial charge in [-0.1, -0.05) is 0 Å². The van der Waals surface area contributed by atoms with Crippen molar-refractivity contribution >= 4 is 11.8 Å². The summed E-state index contributed by atoms with van der Waals surface area (Å²) in [5.74, 6) is -0.623. The van der Waals surface area contributed by atoms with Gasteiger partial charge in [-0.3, -0.25) is 4.90 Å². The van der Waals surface area contributed by atoms with Gasteiger partial charge in [0.25, 0.3) is 0 Å². The van der Waals surface area contributed by atoms with E-state index in [2.05, 4.69) is 4.98 Å². The van der Waals surface area contributed by atoms with Crippen LogP contribution in [0.1, 0.15) is 0 Å². The van der Waals surface area contributed by atoms with Crippen molar-refractivity contribution in [3.8, 4) is 17.0 Å². The third kappa shape index (κ3) is 2.58. The lowest BCUT2D eigenvalue weighted by atomic mass is 10.1. The SMILES string of the molecule is NC[C@H]1CN(c2ccc(-c3ccc(O)nc3)c(F)c2)C(=O)O1. The summed E-state index contributed by atoms with van der Waals surface area (Å²) in [6, 6.07) is 7.40. The molecule has 3 N–H and O–H groups in total. The van der Waals surface area contributed by atoms with Crippen LogP contribution in [0.2, 0.25) is 0 Å². The Morgan fingerprint density at radius 1 is 1.41 bits per heavy atom. The highest BCUT2D eigenvalue weighted by molar-refractivity contribution is 5.90. The number of benzene rings is 1. The minimum Gasteiger partial charge on any atom is -0.493 e. The molecule has 0 unspecified atom stereocenters. The second-order valence-corrected chi connectivity index (χ2v) is 4.92. The van der Waals surface area contributed by atoms with Gasteiger partial charge in [0.2, 0.25) is 5.88 Å². The fourth-order valence-electron chi connectivity index (χ4n) is 2.31. The standard InChI is InChI=1S/C15H14FN3O3/c16-13-5-10(19-8-11(6-17)22-15(19)21)2-3-12(13)9-1-4-14(20)18-7-9/h1-5,7,11H,6,8,17H2,(H,18,20)/t11-/m0/s1. The van der Waals surface area contributed by atoms with Gasteiger partial charge in [0.15, 0.2) is 0 Å². The van der Waals surface area contributed by atoms with Gasteiger partial charge < -0.3 is 15.6 Å². The first-order valence-electron chi connectivity index (χ1n) is 6.71. The molecule has 0 saturated carbocycles. The van der Waals surface area contributed by atoms with Crippen molar-refractivity contribution in [1.82, 2.24) is 4.98 Å². The summed E-state index contributed by atoms with van der Waals surface area (Å²) >= 11 is 0. The Bertz CT molecular complexity index is 706. The first-order chi connectivity index (χ1) is 10.6. The Kier molecular flexibility index (Phi) is 3.64. The molecule has 114 valence electrons. The van der Waals surface area contributed by atoms with Crippen LogP contribution in [0.25, 0.3) is 11.1 Å². The van der Waals surface area contributed by atoms with Crippen molar-refractivity contribution < 1.29 is 19.0 Å². The van der Waals surface area contributed by atoms with Crippen LogP contribution in [0.4, 0.5) is 14.9 Å². The molecule has 1 fully saturated rings. The Hall–Kier alpha value is -2.67. The van der Waals surface area contributed by atoms with Crippen LogP contribution in [0.15, 0.2) is 36.5 Å². The number of nitrogens with two attached hydrogens (primary N) is 1. The number of halogens is 1. The average molecular weight is 303 g/mol. The van der Waals surface area contributed by atoms with E-state index in [0.717, 1.165) is 0 Å². The molecule has 1 aliphatic heterocycles. The van der Waals surface area contributed by atoms with E-state index in [1.54, 1.807) is 18.2 Å². The highest BCUT2D eigenvalue weighted by atomic mass is 19.1. The van der Waals surface area contributed by atoms with E-state index in [1.807, 2.05) is 0 Å². The fraction of sp³-hybridized carbons (Fsp3) is 0.200. The van der Waals surface area contributed by atoms with Crippen LogP contribution in [0, 0.1) is 5.82 Å². The summed E-state index contributed by atoms with van der Waals surface area (Å²) in [6.45, 7) is 0.525. The Labute approximate surface area is 125 Å². The number of nitrogens with zero attached hydrogens (tertiary/aromatic N) is 2. The van der Waals surface area contributed by atoms with Crippen LogP contribution in [0.3, 0.4) is 0 Å². The van der Waals surface area contributed by atoms with Gasteiger partial charge >= 0.3 is 6.09 Å². The molecule has 6 nitrogen and oxygen atoms in total. The zero-order valence-electron chi connectivity index (χ0n) is 11.6. The van der Waals surface area contributed by atoms with Crippen molar-refractivity contribution in [3.63, 3.8) is 0 Å². The van der Waals surface area contributed by atoms with Crippen molar-refractivity contribution in [2.75, 3.05) is 18.0 Å². The quantitative estimate of drug-likeness (QED) is 0.903. The van der Waals surface area contributed by atoms with Crippen molar-refractivity contribution in [3.05, 3.63) is 42.3 Å². The molecule has 0 spiro atoms. The summed E-state index contributed by atoms with van der Waals surface area (Å²) in [5, 5.41) is 9.16. The fourth-order valence-corrected chi connectivity index (χ4v) is 2.31. The molecule has 0 radical (unpaired) electrons. The van der Waals surface area contributed by atoms with Gasteiger partial charge in [0, 0.05) is 29.9 Å². The third-order valence-corrected chi connectivity index (χ3v) is 3.46. The molecule has 1 amide bonds. The number of carbonyl (C=O) groups excluding carboxylic acids is 1. The topological polar surface area (TPSA) is 88.7 Å². The van der Waals surface area contributed by atoms with Gasteiger partial charge in [-0.2, -0.15) is 0 Å². The maximum atomic E-state index is 14.3. The van der Waals surface area contributed by atoms with Crippen molar-refractivity contribution in [1.29, 1.82) is 0 Å². The van der Waals surface area contributed by atoms with E-state index in [9.17, 15) is 9.18 Å². The molecule has 1 atom stereocenters. The Morgan fingerprint density at radius 2 is 2.23 bits per heavy atom. The Balaban J connectivity index is 1.89. The van der Waals surface area contributed by atoms with Crippen LogP contribution < -0.4 is 10.6 Å². The molecule has 1 aromatic heterocycles. The minimum atomic E-state index is -0.533. The lowest BCUT2D eigenvalue weighted by Gasteiger charge is -2.14. The number of carbonyl (C=O) groups is 1. The summed E-state index contributed by atoms with van der Waals surface area (Å²) in [7, 11) is 0. The van der Waals surface area contributed by atoms with Gasteiger partial charge in [0.1, 0.15) is 11.9 Å². The number of rotatable bonds is 3. The zero-order chi connectivity index (χ0) is 15.7. The number of aromatic hydroxyl groups is 1. The molecule has 3 rings (SSSR count). The molecule has 1 aliphatic rings. The monoisotopic (exact) mass is 303 g/mol. The maximum Gasteiger partial charge on any atom is 0.414 e. The predicted molar refractivity (Wildman–Crippen MR) is 78.0 cm³/mol. The van der Waals surface area contributed by atoms with E-state index in [0.29, 0.717) is 23.4 Å². The van der Waals surface area contributed by atoms with Crippen molar-refractivity contribution in [2.45, 2.75) is 6.10 Å². The number of cyclic esters (lactones) is 1. The number of ether oxygens (including phenoxy) is 1. The third-order valence-electron chi connectivity index (χ3n) is 3.46. The van der Waals surface area contributed by atoms with Gasteiger partial charge in [-0.15, -0.1) is 0 Å². The first-order valence-corrected chi connectivity index (χ1v) is 6.71. The summed E-state index contributed by atoms with van der Waals surface area (Å²) in [6.07, 6.45) is 0.465. The number of hydrogen-bond acceptors (Lipinski definition) is 5. The Morgan fingerprint density at radius 3 is 2.82 bits per heavy atom. The summed E-state index contributed by atoms with van der Waals surface area (Å²) in [4.78, 5) is 16.8. The number of aromatic nitrogens is 1. The van der Waals surface area contributed by atoms with E-state index in [4.69, 9.17) is 15.6 Å². The van der Waals surface area contributed by atoms with E-state index >= 15 is 0 Å². The van der Waals surface area contributed by atoms with Crippen LogP contribution in [-0.4, -0.2) is 35.4 Å². The van der Waals surface area contributed by atoms with Crippen molar-refractivity contribution in [2.24, 2.45) is 5.73 Å².